The maximum Gasteiger partial charge on any atom is 0.227 e. The third-order valence-electron chi connectivity index (χ3n) is 5.75. The Bertz CT molecular complexity index is 604. The number of benzene rings is 1. The summed E-state index contributed by atoms with van der Waals surface area (Å²) in [7, 11) is 0. The first-order valence-electron chi connectivity index (χ1n) is 9.55. The first kappa shape index (κ1) is 16.9. The van der Waals surface area contributed by atoms with Gasteiger partial charge in [-0.3, -0.25) is 9.69 Å². The molecular formula is C20H28N2O3. The summed E-state index contributed by atoms with van der Waals surface area (Å²) in [6.07, 6.45) is 4.17. The third kappa shape index (κ3) is 3.53. The van der Waals surface area contributed by atoms with Gasteiger partial charge in [-0.15, -0.1) is 0 Å². The summed E-state index contributed by atoms with van der Waals surface area (Å²) in [5.74, 6) is 1.05. The van der Waals surface area contributed by atoms with Crippen molar-refractivity contribution < 1.29 is 14.3 Å². The lowest BCUT2D eigenvalue weighted by Crippen LogP contribution is -2.63. The average molecular weight is 344 g/mol. The number of amides is 1. The van der Waals surface area contributed by atoms with Crippen molar-refractivity contribution in [2.75, 3.05) is 39.4 Å². The van der Waals surface area contributed by atoms with E-state index >= 15 is 0 Å². The zero-order valence-corrected chi connectivity index (χ0v) is 15.1. The van der Waals surface area contributed by atoms with Gasteiger partial charge in [-0.05, 0) is 57.0 Å². The molecule has 1 aromatic carbocycles. The van der Waals surface area contributed by atoms with Crippen LogP contribution >= 0.6 is 0 Å². The van der Waals surface area contributed by atoms with Crippen LogP contribution in [0.3, 0.4) is 0 Å². The fourth-order valence-corrected chi connectivity index (χ4v) is 4.36. The topological polar surface area (TPSA) is 42.0 Å². The number of nitrogens with zero attached hydrogens (tertiary/aromatic N) is 2. The Hall–Kier alpha value is -1.59. The SMILES string of the molecule is CCOc1ccc(CC(=O)N2CC3(CC(N4CCCC4)CO3)C2)cc1. The van der Waals surface area contributed by atoms with Crippen molar-refractivity contribution in [2.45, 2.75) is 44.2 Å². The van der Waals surface area contributed by atoms with Crippen LogP contribution in [0.4, 0.5) is 0 Å². The third-order valence-corrected chi connectivity index (χ3v) is 5.75. The second kappa shape index (κ2) is 6.96. The Balaban J connectivity index is 1.26. The van der Waals surface area contributed by atoms with Gasteiger partial charge in [0.25, 0.3) is 0 Å². The molecule has 0 aromatic heterocycles. The summed E-state index contributed by atoms with van der Waals surface area (Å²) >= 11 is 0. The number of rotatable bonds is 5. The average Bonchev–Trinajstić information content (AvgIpc) is 3.25. The number of hydrogen-bond donors (Lipinski definition) is 0. The highest BCUT2D eigenvalue weighted by Crippen LogP contribution is 2.38. The van der Waals surface area contributed by atoms with Crippen LogP contribution in [0.5, 0.6) is 5.75 Å². The van der Waals surface area contributed by atoms with Gasteiger partial charge in [-0.25, -0.2) is 0 Å². The van der Waals surface area contributed by atoms with Gasteiger partial charge in [-0.2, -0.15) is 0 Å². The van der Waals surface area contributed by atoms with Gasteiger partial charge in [0, 0.05) is 6.04 Å². The van der Waals surface area contributed by atoms with Crippen molar-refractivity contribution >= 4 is 5.91 Å². The molecule has 0 saturated carbocycles. The standard InChI is InChI=1S/C20H28N2O3/c1-2-24-18-7-5-16(6-8-18)11-19(23)22-14-20(15-22)12-17(13-25-20)21-9-3-4-10-21/h5-8,17H,2-4,9-15H2,1H3. The quantitative estimate of drug-likeness (QED) is 0.820. The molecule has 3 saturated heterocycles. The van der Waals surface area contributed by atoms with Crippen molar-refractivity contribution in [3.8, 4) is 5.75 Å². The molecule has 3 heterocycles. The van der Waals surface area contributed by atoms with Crippen molar-refractivity contribution in [2.24, 2.45) is 0 Å². The molecule has 0 radical (unpaired) electrons. The Morgan fingerprint density at radius 3 is 2.64 bits per heavy atom. The summed E-state index contributed by atoms with van der Waals surface area (Å²) in [5, 5.41) is 0. The molecule has 3 fully saturated rings. The van der Waals surface area contributed by atoms with Crippen LogP contribution in [0, 0.1) is 0 Å². The van der Waals surface area contributed by atoms with Crippen molar-refractivity contribution in [1.29, 1.82) is 0 Å². The van der Waals surface area contributed by atoms with Gasteiger partial charge < -0.3 is 14.4 Å². The molecule has 0 bridgehead atoms. The molecule has 5 nitrogen and oxygen atoms in total. The van der Waals surface area contributed by atoms with Crippen LogP contribution in [0.1, 0.15) is 31.7 Å². The highest BCUT2D eigenvalue weighted by atomic mass is 16.5. The fourth-order valence-electron chi connectivity index (χ4n) is 4.36. The van der Waals surface area contributed by atoms with E-state index in [1.54, 1.807) is 0 Å². The van der Waals surface area contributed by atoms with Crippen LogP contribution in [-0.2, 0) is 16.0 Å². The largest absolute Gasteiger partial charge is 0.494 e. The molecule has 1 spiro atoms. The Labute approximate surface area is 149 Å². The predicted octanol–water partition coefficient (Wildman–Crippen LogP) is 2.09. The first-order valence-corrected chi connectivity index (χ1v) is 9.55. The van der Waals surface area contributed by atoms with E-state index in [9.17, 15) is 4.79 Å². The highest BCUT2D eigenvalue weighted by Gasteiger charge is 2.52. The second-order valence-corrected chi connectivity index (χ2v) is 7.60. The van der Waals surface area contributed by atoms with Gasteiger partial charge in [0.15, 0.2) is 0 Å². The Morgan fingerprint density at radius 2 is 1.96 bits per heavy atom. The van der Waals surface area contributed by atoms with E-state index in [0.717, 1.165) is 37.4 Å². The maximum absolute atomic E-state index is 12.5. The summed E-state index contributed by atoms with van der Waals surface area (Å²) in [6.45, 7) is 7.40. The molecule has 3 aliphatic rings. The molecule has 1 atom stereocenters. The van der Waals surface area contributed by atoms with E-state index < -0.39 is 0 Å². The number of carbonyl (C=O) groups excluding carboxylic acids is 1. The summed E-state index contributed by atoms with van der Waals surface area (Å²) < 4.78 is 11.6. The van der Waals surface area contributed by atoms with E-state index in [-0.39, 0.29) is 11.5 Å². The molecule has 1 unspecified atom stereocenters. The zero-order valence-electron chi connectivity index (χ0n) is 15.1. The molecule has 0 N–H and O–H groups in total. The first-order chi connectivity index (χ1) is 12.2. The minimum Gasteiger partial charge on any atom is -0.494 e. The lowest BCUT2D eigenvalue weighted by Gasteiger charge is -2.47. The smallest absolute Gasteiger partial charge is 0.227 e. The summed E-state index contributed by atoms with van der Waals surface area (Å²) in [4.78, 5) is 17.0. The molecule has 4 rings (SSSR count). The molecule has 1 aromatic rings. The van der Waals surface area contributed by atoms with Gasteiger partial charge >= 0.3 is 0 Å². The molecule has 25 heavy (non-hydrogen) atoms. The number of ether oxygens (including phenoxy) is 2. The van der Waals surface area contributed by atoms with E-state index in [4.69, 9.17) is 9.47 Å². The molecular weight excluding hydrogens is 316 g/mol. The van der Waals surface area contributed by atoms with E-state index in [1.165, 1.54) is 25.9 Å². The Kier molecular flexibility index (Phi) is 4.69. The van der Waals surface area contributed by atoms with E-state index in [2.05, 4.69) is 4.90 Å². The van der Waals surface area contributed by atoms with Crippen LogP contribution in [0.15, 0.2) is 24.3 Å². The van der Waals surface area contributed by atoms with Crippen molar-refractivity contribution in [3.63, 3.8) is 0 Å². The Morgan fingerprint density at radius 1 is 1.24 bits per heavy atom. The molecule has 136 valence electrons. The van der Waals surface area contributed by atoms with Crippen LogP contribution < -0.4 is 4.74 Å². The molecule has 3 aliphatic heterocycles. The maximum atomic E-state index is 12.5. The van der Waals surface area contributed by atoms with Crippen LogP contribution in [0.2, 0.25) is 0 Å². The van der Waals surface area contributed by atoms with E-state index in [0.29, 0.717) is 19.1 Å². The van der Waals surface area contributed by atoms with Gasteiger partial charge in [0.05, 0.1) is 32.7 Å². The normalized spacial score (nSPS) is 25.3. The van der Waals surface area contributed by atoms with Gasteiger partial charge in [0.2, 0.25) is 5.91 Å². The van der Waals surface area contributed by atoms with Crippen LogP contribution in [-0.4, -0.2) is 66.7 Å². The van der Waals surface area contributed by atoms with Gasteiger partial charge in [0.1, 0.15) is 11.4 Å². The molecule has 0 aliphatic carbocycles. The zero-order chi connectivity index (χ0) is 17.3. The number of hydrogen-bond acceptors (Lipinski definition) is 4. The predicted molar refractivity (Wildman–Crippen MR) is 95.8 cm³/mol. The van der Waals surface area contributed by atoms with Crippen molar-refractivity contribution in [1.82, 2.24) is 9.80 Å². The summed E-state index contributed by atoms with van der Waals surface area (Å²) in [5.41, 5.74) is 0.971. The molecule has 5 heteroatoms. The summed E-state index contributed by atoms with van der Waals surface area (Å²) in [6, 6.07) is 8.39. The van der Waals surface area contributed by atoms with Crippen LogP contribution in [0.25, 0.3) is 0 Å². The minimum atomic E-state index is -0.0677. The van der Waals surface area contributed by atoms with Crippen molar-refractivity contribution in [3.05, 3.63) is 29.8 Å². The van der Waals surface area contributed by atoms with Gasteiger partial charge in [-0.1, -0.05) is 12.1 Å². The number of likely N-dealkylation sites (tertiary alicyclic amines) is 2. The monoisotopic (exact) mass is 344 g/mol. The fraction of sp³-hybridized carbons (Fsp3) is 0.650. The number of carbonyl (C=O) groups is 1. The lowest BCUT2D eigenvalue weighted by atomic mass is 9.88. The van der Waals surface area contributed by atoms with E-state index in [1.807, 2.05) is 36.1 Å². The lowest BCUT2D eigenvalue weighted by molar-refractivity contribution is -0.157. The molecule has 1 amide bonds. The second-order valence-electron chi connectivity index (χ2n) is 7.60. The minimum absolute atomic E-state index is 0.0677. The highest BCUT2D eigenvalue weighted by molar-refractivity contribution is 5.80.